The van der Waals surface area contributed by atoms with Crippen LogP contribution >= 0.6 is 0 Å². The lowest BCUT2D eigenvalue weighted by Gasteiger charge is -2.48. The molecule has 300 valence electrons. The maximum absolute atomic E-state index is 6.08. The van der Waals surface area contributed by atoms with E-state index in [1.54, 1.807) is 0 Å². The SMILES string of the molecule is CCCCCN(C(=NC(=Nc1c(C(C)C)cccc1C(C)C)Nc1c(C(C)C)cccc1C(C)C)N(C1CCCCC1)C1CCCCC1)C1CCCCC1. The van der Waals surface area contributed by atoms with Crippen molar-refractivity contribution in [3.63, 3.8) is 0 Å². The summed E-state index contributed by atoms with van der Waals surface area (Å²) >= 11 is 0. The molecule has 0 saturated heterocycles. The molecule has 3 aliphatic carbocycles. The highest BCUT2D eigenvalue weighted by molar-refractivity contribution is 6.04. The summed E-state index contributed by atoms with van der Waals surface area (Å²) < 4.78 is 0. The molecule has 0 unspecified atom stereocenters. The Labute approximate surface area is 332 Å². The van der Waals surface area contributed by atoms with Crippen molar-refractivity contribution in [2.75, 3.05) is 11.9 Å². The van der Waals surface area contributed by atoms with Crippen LogP contribution in [0.4, 0.5) is 11.4 Å². The lowest BCUT2D eigenvalue weighted by Crippen LogP contribution is -2.58. The van der Waals surface area contributed by atoms with Crippen molar-refractivity contribution in [1.29, 1.82) is 0 Å². The first-order valence-corrected chi connectivity index (χ1v) is 22.9. The zero-order valence-corrected chi connectivity index (χ0v) is 36.2. The van der Waals surface area contributed by atoms with Crippen molar-refractivity contribution in [1.82, 2.24) is 9.80 Å². The maximum atomic E-state index is 6.08. The lowest BCUT2D eigenvalue weighted by molar-refractivity contribution is 0.120. The molecule has 3 fully saturated rings. The second-order valence-electron chi connectivity index (χ2n) is 18.4. The van der Waals surface area contributed by atoms with Crippen LogP contribution in [-0.2, 0) is 0 Å². The van der Waals surface area contributed by atoms with Gasteiger partial charge in [-0.25, -0.2) is 4.99 Å². The molecule has 5 heteroatoms. The van der Waals surface area contributed by atoms with E-state index in [2.05, 4.69) is 114 Å². The molecule has 54 heavy (non-hydrogen) atoms. The molecule has 0 atom stereocenters. The number of anilines is 1. The van der Waals surface area contributed by atoms with Crippen molar-refractivity contribution in [3.05, 3.63) is 58.7 Å². The minimum absolute atomic E-state index is 0.357. The molecule has 3 saturated carbocycles. The van der Waals surface area contributed by atoms with Crippen molar-refractivity contribution >= 4 is 23.3 Å². The van der Waals surface area contributed by atoms with Crippen LogP contribution in [0.5, 0.6) is 0 Å². The minimum atomic E-state index is 0.357. The summed E-state index contributed by atoms with van der Waals surface area (Å²) in [5, 5.41) is 4.09. The molecule has 0 spiro atoms. The van der Waals surface area contributed by atoms with Crippen LogP contribution in [0.2, 0.25) is 0 Å². The zero-order chi connectivity index (χ0) is 38.6. The number of rotatable bonds is 13. The fourth-order valence-corrected chi connectivity index (χ4v) is 9.71. The van der Waals surface area contributed by atoms with Crippen LogP contribution in [0.1, 0.15) is 224 Å². The van der Waals surface area contributed by atoms with E-state index in [1.165, 1.54) is 149 Å². The van der Waals surface area contributed by atoms with Gasteiger partial charge in [-0.15, -0.1) is 0 Å². The smallest absolute Gasteiger partial charge is 0.231 e. The number of unbranched alkanes of at least 4 members (excludes halogenated alkanes) is 2. The lowest BCUT2D eigenvalue weighted by atomic mass is 9.88. The number of para-hydroxylation sites is 2. The van der Waals surface area contributed by atoms with Crippen LogP contribution in [0.15, 0.2) is 46.4 Å². The van der Waals surface area contributed by atoms with Crippen LogP contribution in [0.25, 0.3) is 0 Å². The van der Waals surface area contributed by atoms with Gasteiger partial charge in [0, 0.05) is 30.4 Å². The van der Waals surface area contributed by atoms with Gasteiger partial charge < -0.3 is 15.1 Å². The monoisotopic (exact) mass is 738 g/mol. The summed E-state index contributed by atoms with van der Waals surface area (Å²) in [7, 11) is 0. The fraction of sp³-hybridized carbons (Fsp3) is 0.714. The van der Waals surface area contributed by atoms with E-state index in [-0.39, 0.29) is 0 Å². The van der Waals surface area contributed by atoms with Gasteiger partial charge in [-0.2, -0.15) is 4.99 Å². The quantitative estimate of drug-likeness (QED) is 0.126. The Morgan fingerprint density at radius 3 is 1.44 bits per heavy atom. The number of guanidine groups is 2. The molecule has 0 bridgehead atoms. The Bertz CT molecular complexity index is 1410. The summed E-state index contributed by atoms with van der Waals surface area (Å²) in [6.45, 7) is 22.0. The molecule has 5 rings (SSSR count). The second kappa shape index (κ2) is 20.9. The molecule has 2 aromatic carbocycles. The molecule has 0 amide bonds. The number of hydrogen-bond acceptors (Lipinski definition) is 1. The summed E-state index contributed by atoms with van der Waals surface area (Å²) in [5.74, 6) is 3.47. The van der Waals surface area contributed by atoms with Crippen LogP contribution in [-0.4, -0.2) is 46.4 Å². The van der Waals surface area contributed by atoms with Gasteiger partial charge in [-0.3, -0.25) is 0 Å². The summed E-state index contributed by atoms with van der Waals surface area (Å²) in [6.07, 6.45) is 23.5. The highest BCUT2D eigenvalue weighted by Crippen LogP contribution is 2.38. The van der Waals surface area contributed by atoms with E-state index >= 15 is 0 Å². The molecule has 3 aliphatic rings. The van der Waals surface area contributed by atoms with E-state index in [1.807, 2.05) is 0 Å². The Balaban J connectivity index is 1.83. The normalized spacial score (nSPS) is 18.7. The van der Waals surface area contributed by atoms with Crippen molar-refractivity contribution in [2.24, 2.45) is 9.98 Å². The fourth-order valence-electron chi connectivity index (χ4n) is 9.71. The van der Waals surface area contributed by atoms with Crippen molar-refractivity contribution < 1.29 is 0 Å². The highest BCUT2D eigenvalue weighted by atomic mass is 15.4. The first kappa shape index (κ1) is 42.3. The predicted molar refractivity (Wildman–Crippen MR) is 236 cm³/mol. The van der Waals surface area contributed by atoms with Crippen molar-refractivity contribution in [3.8, 4) is 0 Å². The van der Waals surface area contributed by atoms with Crippen LogP contribution < -0.4 is 5.32 Å². The van der Waals surface area contributed by atoms with E-state index in [0.29, 0.717) is 41.8 Å². The highest BCUT2D eigenvalue weighted by Gasteiger charge is 2.37. The average Bonchev–Trinajstić information content (AvgIpc) is 3.17. The second-order valence-corrected chi connectivity index (χ2v) is 18.4. The molecular formula is C49H79N5. The number of aliphatic imine (C=N–C) groups is 2. The summed E-state index contributed by atoms with van der Waals surface area (Å²) in [4.78, 5) is 17.7. The van der Waals surface area contributed by atoms with Gasteiger partial charge in [0.1, 0.15) is 0 Å². The van der Waals surface area contributed by atoms with Crippen LogP contribution in [0.3, 0.4) is 0 Å². The zero-order valence-electron chi connectivity index (χ0n) is 36.2. The molecular weight excluding hydrogens is 659 g/mol. The molecule has 0 aliphatic heterocycles. The molecule has 0 radical (unpaired) electrons. The van der Waals surface area contributed by atoms with E-state index in [4.69, 9.17) is 9.98 Å². The molecule has 1 N–H and O–H groups in total. The van der Waals surface area contributed by atoms with Gasteiger partial charge in [-0.1, -0.05) is 169 Å². The third-order valence-corrected chi connectivity index (χ3v) is 12.8. The van der Waals surface area contributed by atoms with E-state index in [0.717, 1.165) is 18.2 Å². The minimum Gasteiger partial charge on any atom is -0.339 e. The van der Waals surface area contributed by atoms with E-state index < -0.39 is 0 Å². The van der Waals surface area contributed by atoms with Gasteiger partial charge in [-0.05, 0) is 90.9 Å². The number of nitrogens with one attached hydrogen (secondary N) is 1. The Morgan fingerprint density at radius 1 is 0.593 bits per heavy atom. The predicted octanol–water partition coefficient (Wildman–Crippen LogP) is 14.4. The van der Waals surface area contributed by atoms with E-state index in [9.17, 15) is 0 Å². The topological polar surface area (TPSA) is 43.2 Å². The first-order chi connectivity index (χ1) is 26.1. The number of benzene rings is 2. The maximum Gasteiger partial charge on any atom is 0.231 e. The third kappa shape index (κ3) is 10.9. The Hall–Kier alpha value is -2.82. The number of nitrogens with zero attached hydrogens (tertiary/aromatic N) is 4. The van der Waals surface area contributed by atoms with Crippen LogP contribution in [0, 0.1) is 0 Å². The largest absolute Gasteiger partial charge is 0.339 e. The van der Waals surface area contributed by atoms with Gasteiger partial charge in [0.25, 0.3) is 0 Å². The van der Waals surface area contributed by atoms with Crippen molar-refractivity contribution in [2.45, 2.75) is 220 Å². The Kier molecular flexibility index (Phi) is 16.4. The summed E-state index contributed by atoms with van der Waals surface area (Å²) in [6, 6.07) is 15.3. The standard InChI is InChI=1S/C49H79N5/c1-10-11-21-34-53(39-24-15-12-16-25-39)49(54(40-26-17-13-18-27-40)41-28-19-14-20-29-41)52-48(50-46-42(35(2)3)30-22-31-43(46)36(4)5)51-47-44(37(6)7)32-23-33-45(47)38(8)9/h22-23,30-33,35-41H,10-21,24-29,34H2,1-9H3,(H,50,51). The van der Waals surface area contributed by atoms with Gasteiger partial charge in [0.05, 0.1) is 5.69 Å². The summed E-state index contributed by atoms with van der Waals surface area (Å²) in [5.41, 5.74) is 7.61. The number of hydrogen-bond donors (Lipinski definition) is 1. The molecule has 5 nitrogen and oxygen atoms in total. The van der Waals surface area contributed by atoms with Gasteiger partial charge in [0.2, 0.25) is 11.9 Å². The molecule has 2 aromatic rings. The first-order valence-electron chi connectivity index (χ1n) is 22.9. The molecule has 0 aromatic heterocycles. The van der Waals surface area contributed by atoms with Gasteiger partial charge in [0.15, 0.2) is 0 Å². The third-order valence-electron chi connectivity index (χ3n) is 12.8. The molecule has 0 heterocycles. The van der Waals surface area contributed by atoms with Gasteiger partial charge >= 0.3 is 0 Å². The average molecular weight is 738 g/mol. The Morgan fingerprint density at radius 2 is 1.02 bits per heavy atom.